The Balaban J connectivity index is 1.59. The zero-order chi connectivity index (χ0) is 21.9. The summed E-state index contributed by atoms with van der Waals surface area (Å²) in [6.07, 6.45) is 1.07. The Labute approximate surface area is 172 Å². The van der Waals surface area contributed by atoms with E-state index in [0.717, 1.165) is 6.07 Å². The number of nitrogens with one attached hydrogen (secondary N) is 1. The molecule has 9 nitrogen and oxygen atoms in total. The number of rotatable bonds is 6. The van der Waals surface area contributed by atoms with Crippen LogP contribution in [0.15, 0.2) is 47.4 Å². The van der Waals surface area contributed by atoms with E-state index in [-0.39, 0.29) is 22.9 Å². The van der Waals surface area contributed by atoms with Crippen LogP contribution >= 0.6 is 0 Å². The van der Waals surface area contributed by atoms with E-state index in [1.807, 2.05) is 0 Å². The van der Waals surface area contributed by atoms with Crippen molar-refractivity contribution >= 4 is 27.3 Å². The number of hydrogen-bond donors (Lipinski definition) is 2. The Morgan fingerprint density at radius 2 is 1.87 bits per heavy atom. The van der Waals surface area contributed by atoms with Crippen LogP contribution in [-0.4, -0.2) is 43.2 Å². The lowest BCUT2D eigenvalue weighted by atomic mass is 9.98. The van der Waals surface area contributed by atoms with Crippen molar-refractivity contribution in [2.45, 2.75) is 17.7 Å². The van der Waals surface area contributed by atoms with E-state index in [1.165, 1.54) is 4.31 Å². The molecule has 3 rings (SSSR count). The van der Waals surface area contributed by atoms with Crippen LogP contribution in [0.3, 0.4) is 0 Å². The Hall–Kier alpha value is -3.05. The fourth-order valence-corrected chi connectivity index (χ4v) is 4.86. The highest BCUT2D eigenvalue weighted by Crippen LogP contribution is 2.27. The van der Waals surface area contributed by atoms with Gasteiger partial charge in [0.25, 0.3) is 11.6 Å². The number of nitrogens with two attached hydrogens (primary N) is 1. The second kappa shape index (κ2) is 8.76. The molecule has 0 bridgehead atoms. The summed E-state index contributed by atoms with van der Waals surface area (Å²) in [6.45, 7) is 0.846. The van der Waals surface area contributed by atoms with Gasteiger partial charge in [-0.25, -0.2) is 12.8 Å². The van der Waals surface area contributed by atoms with E-state index in [9.17, 15) is 27.7 Å². The number of benzene rings is 2. The van der Waals surface area contributed by atoms with Crippen LogP contribution in [0.5, 0.6) is 0 Å². The van der Waals surface area contributed by atoms with Gasteiger partial charge in [0.1, 0.15) is 11.5 Å². The topological polar surface area (TPSA) is 136 Å². The van der Waals surface area contributed by atoms with Crippen molar-refractivity contribution in [3.8, 4) is 0 Å². The first kappa shape index (κ1) is 21.7. The van der Waals surface area contributed by atoms with Crippen LogP contribution in [0.25, 0.3) is 0 Å². The minimum atomic E-state index is -3.56. The summed E-state index contributed by atoms with van der Waals surface area (Å²) >= 11 is 0. The lowest BCUT2D eigenvalue weighted by Gasteiger charge is -2.31. The van der Waals surface area contributed by atoms with Gasteiger partial charge >= 0.3 is 0 Å². The quantitative estimate of drug-likeness (QED) is 0.405. The zero-order valence-corrected chi connectivity index (χ0v) is 16.8. The molecule has 0 aliphatic carbocycles. The second-order valence-electron chi connectivity index (χ2n) is 7.01. The van der Waals surface area contributed by atoms with E-state index >= 15 is 0 Å². The first-order valence-corrected chi connectivity index (χ1v) is 10.7. The number of carbonyl (C=O) groups excluding carboxylic acids is 1. The summed E-state index contributed by atoms with van der Waals surface area (Å²) in [7, 11) is -3.56. The van der Waals surface area contributed by atoms with E-state index < -0.39 is 38.0 Å². The molecule has 1 aliphatic heterocycles. The fraction of sp³-hybridized carbons (Fsp3) is 0.316. The van der Waals surface area contributed by atoms with Crippen molar-refractivity contribution in [3.05, 3.63) is 64.0 Å². The third-order valence-electron chi connectivity index (χ3n) is 5.07. The molecule has 2 aromatic carbocycles. The van der Waals surface area contributed by atoms with Gasteiger partial charge in [-0.1, -0.05) is 18.2 Å². The molecule has 1 aliphatic rings. The summed E-state index contributed by atoms with van der Waals surface area (Å²) in [5.74, 6) is -1.63. The molecule has 0 radical (unpaired) electrons. The van der Waals surface area contributed by atoms with Gasteiger partial charge in [0.05, 0.1) is 21.4 Å². The number of anilines is 1. The van der Waals surface area contributed by atoms with Gasteiger partial charge in [0, 0.05) is 19.6 Å². The number of hydrogen-bond acceptors (Lipinski definition) is 6. The van der Waals surface area contributed by atoms with Crippen LogP contribution in [0, 0.1) is 21.8 Å². The first-order chi connectivity index (χ1) is 14.2. The molecule has 30 heavy (non-hydrogen) atoms. The number of halogens is 1. The largest absolute Gasteiger partial charge is 0.393 e. The summed E-state index contributed by atoms with van der Waals surface area (Å²) in [6, 6.07) is 9.68. The zero-order valence-electron chi connectivity index (χ0n) is 16.0. The molecule has 1 saturated heterocycles. The van der Waals surface area contributed by atoms with Gasteiger partial charge in [-0.2, -0.15) is 4.31 Å². The standard InChI is InChI=1S/C19H21FN4O5S/c20-14-10-16(18(21)17(11-14)24(26)27)19(25)22-12-13-6-8-23(9-7-13)30(28,29)15-4-2-1-3-5-15/h1-5,10-11,13H,6-9,12,21H2,(H,22,25). The van der Waals surface area contributed by atoms with Crippen LogP contribution < -0.4 is 11.1 Å². The predicted octanol–water partition coefficient (Wildman–Crippen LogP) is 2.15. The Kier molecular flexibility index (Phi) is 6.32. The molecule has 0 spiro atoms. The number of nitrogens with zero attached hydrogens (tertiary/aromatic N) is 2. The molecule has 0 unspecified atom stereocenters. The fourth-order valence-electron chi connectivity index (χ4n) is 3.37. The third kappa shape index (κ3) is 4.57. The third-order valence-corrected chi connectivity index (χ3v) is 6.98. The number of nitro benzene ring substituents is 1. The summed E-state index contributed by atoms with van der Waals surface area (Å²) < 4.78 is 40.3. The molecular weight excluding hydrogens is 415 g/mol. The highest BCUT2D eigenvalue weighted by atomic mass is 32.2. The monoisotopic (exact) mass is 436 g/mol. The highest BCUT2D eigenvalue weighted by Gasteiger charge is 2.29. The molecule has 1 heterocycles. The number of sulfonamides is 1. The molecule has 3 N–H and O–H groups in total. The predicted molar refractivity (Wildman–Crippen MR) is 108 cm³/mol. The summed E-state index contributed by atoms with van der Waals surface area (Å²) in [5.41, 5.74) is 4.27. The SMILES string of the molecule is Nc1c(C(=O)NCC2CCN(S(=O)(=O)c3ccccc3)CC2)cc(F)cc1[N+](=O)[O-]. The molecule has 160 valence electrons. The molecule has 11 heteroatoms. The summed E-state index contributed by atoms with van der Waals surface area (Å²) in [5, 5.41) is 13.6. The van der Waals surface area contributed by atoms with Crippen LogP contribution in [0.1, 0.15) is 23.2 Å². The molecule has 0 saturated carbocycles. The van der Waals surface area contributed by atoms with E-state index in [4.69, 9.17) is 5.73 Å². The lowest BCUT2D eigenvalue weighted by molar-refractivity contribution is -0.384. The molecular formula is C19H21FN4O5S. The molecule has 2 aromatic rings. The minimum absolute atomic E-state index is 0.0148. The van der Waals surface area contributed by atoms with Gasteiger partial charge in [-0.15, -0.1) is 0 Å². The lowest BCUT2D eigenvalue weighted by Crippen LogP contribution is -2.41. The number of amides is 1. The summed E-state index contributed by atoms with van der Waals surface area (Å²) in [4.78, 5) is 22.7. The second-order valence-corrected chi connectivity index (χ2v) is 8.95. The van der Waals surface area contributed by atoms with Crippen molar-refractivity contribution in [2.24, 2.45) is 5.92 Å². The number of carbonyl (C=O) groups is 1. The van der Waals surface area contributed by atoms with Crippen molar-refractivity contribution in [3.63, 3.8) is 0 Å². The first-order valence-electron chi connectivity index (χ1n) is 9.27. The Morgan fingerprint density at radius 1 is 1.23 bits per heavy atom. The van der Waals surface area contributed by atoms with Crippen molar-refractivity contribution in [1.29, 1.82) is 0 Å². The normalized spacial score (nSPS) is 15.6. The minimum Gasteiger partial charge on any atom is -0.393 e. The molecule has 0 aromatic heterocycles. The van der Waals surface area contributed by atoms with E-state index in [0.29, 0.717) is 32.0 Å². The van der Waals surface area contributed by atoms with Gasteiger partial charge in [-0.05, 0) is 37.0 Å². The van der Waals surface area contributed by atoms with Crippen LogP contribution in [0.2, 0.25) is 0 Å². The van der Waals surface area contributed by atoms with Crippen molar-refractivity contribution in [2.75, 3.05) is 25.4 Å². The molecule has 0 atom stereocenters. The van der Waals surface area contributed by atoms with E-state index in [1.54, 1.807) is 30.3 Å². The average Bonchev–Trinajstić information content (AvgIpc) is 2.74. The maximum Gasteiger partial charge on any atom is 0.295 e. The van der Waals surface area contributed by atoms with Gasteiger partial charge in [0.2, 0.25) is 10.0 Å². The van der Waals surface area contributed by atoms with Crippen molar-refractivity contribution in [1.82, 2.24) is 9.62 Å². The van der Waals surface area contributed by atoms with Crippen LogP contribution in [0.4, 0.5) is 15.8 Å². The smallest absolute Gasteiger partial charge is 0.295 e. The average molecular weight is 436 g/mol. The van der Waals surface area contributed by atoms with Crippen LogP contribution in [-0.2, 0) is 10.0 Å². The maximum absolute atomic E-state index is 13.6. The van der Waals surface area contributed by atoms with Gasteiger partial charge < -0.3 is 11.1 Å². The number of nitro groups is 1. The van der Waals surface area contributed by atoms with E-state index in [2.05, 4.69) is 5.32 Å². The van der Waals surface area contributed by atoms with Crippen molar-refractivity contribution < 1.29 is 22.5 Å². The maximum atomic E-state index is 13.6. The number of piperidine rings is 1. The molecule has 1 amide bonds. The highest BCUT2D eigenvalue weighted by molar-refractivity contribution is 7.89. The number of nitrogen functional groups attached to an aromatic ring is 1. The Morgan fingerprint density at radius 3 is 2.47 bits per heavy atom. The molecule has 1 fully saturated rings. The van der Waals surface area contributed by atoms with Gasteiger partial charge in [-0.3, -0.25) is 14.9 Å². The Bertz CT molecular complexity index is 1050. The van der Waals surface area contributed by atoms with Gasteiger partial charge in [0.15, 0.2) is 0 Å².